The summed E-state index contributed by atoms with van der Waals surface area (Å²) in [5.74, 6) is 1.66. The predicted octanol–water partition coefficient (Wildman–Crippen LogP) is 5.47. The number of esters is 2. The lowest BCUT2D eigenvalue weighted by Gasteiger charge is -2.60. The number of fused-ring (bicyclic) bond motifs is 8. The molecule has 5 rings (SSSR count). The maximum atomic E-state index is 14.1. The van der Waals surface area contributed by atoms with E-state index in [4.69, 9.17) is 9.47 Å². The van der Waals surface area contributed by atoms with E-state index in [1.165, 1.54) is 13.8 Å². The topological polar surface area (TPSA) is 89.8 Å². The van der Waals surface area contributed by atoms with Crippen LogP contribution in [0.3, 0.4) is 0 Å². The van der Waals surface area contributed by atoms with Crippen LogP contribution in [-0.2, 0) is 29.1 Å². The SMILES string of the molecule is CC(=O)OC(C)[C@H]1CC[C@H]2[C@@H]3CC[C@@H]4C[C@H](OC(C)=O)CC[C@]4(C)[C@H]3[C@H]3[C@H](N3S(=O)(=O)CC[Si](C)(C)C)[C@]12C. The molecule has 0 radical (unpaired) electrons. The van der Waals surface area contributed by atoms with E-state index >= 15 is 0 Å². The monoisotopic (exact) mass is 581 g/mol. The highest BCUT2D eigenvalue weighted by Gasteiger charge is 2.78. The Balaban J connectivity index is 1.51. The predicted molar refractivity (Wildman–Crippen MR) is 154 cm³/mol. The fraction of sp³-hybridized carbons (Fsp3) is 0.933. The van der Waals surface area contributed by atoms with Crippen LogP contribution in [-0.4, -0.2) is 62.8 Å². The highest BCUT2D eigenvalue weighted by atomic mass is 32.2. The minimum absolute atomic E-state index is 0.0114. The van der Waals surface area contributed by atoms with Crippen molar-refractivity contribution in [2.75, 3.05) is 5.75 Å². The van der Waals surface area contributed by atoms with Gasteiger partial charge in [-0.1, -0.05) is 33.5 Å². The van der Waals surface area contributed by atoms with Gasteiger partial charge >= 0.3 is 11.9 Å². The van der Waals surface area contributed by atoms with E-state index in [9.17, 15) is 18.0 Å². The quantitative estimate of drug-likeness (QED) is 0.225. The van der Waals surface area contributed by atoms with Crippen LogP contribution in [0.25, 0.3) is 0 Å². The second-order valence-electron chi connectivity index (χ2n) is 15.3. The van der Waals surface area contributed by atoms with Gasteiger partial charge in [-0.2, -0.15) is 4.31 Å². The van der Waals surface area contributed by atoms with Gasteiger partial charge in [0.05, 0.1) is 5.75 Å². The third kappa shape index (κ3) is 4.94. The van der Waals surface area contributed by atoms with Crippen LogP contribution in [0.15, 0.2) is 0 Å². The summed E-state index contributed by atoms with van der Waals surface area (Å²) < 4.78 is 41.6. The second-order valence-corrected chi connectivity index (χ2v) is 23.0. The third-order valence-electron chi connectivity index (χ3n) is 11.9. The molecule has 0 aromatic carbocycles. The molecule has 12 atom stereocenters. The fourth-order valence-electron chi connectivity index (χ4n) is 10.3. The summed E-state index contributed by atoms with van der Waals surface area (Å²) in [6.45, 7) is 16.5. The van der Waals surface area contributed by atoms with Crippen molar-refractivity contribution in [1.29, 1.82) is 0 Å². The van der Waals surface area contributed by atoms with Crippen LogP contribution in [0, 0.1) is 40.4 Å². The Morgan fingerprint density at radius 2 is 1.72 bits per heavy atom. The van der Waals surface area contributed by atoms with E-state index in [1.54, 1.807) is 0 Å². The van der Waals surface area contributed by atoms with E-state index < -0.39 is 18.1 Å². The lowest BCUT2D eigenvalue weighted by Crippen LogP contribution is -2.58. The van der Waals surface area contributed by atoms with E-state index in [0.29, 0.717) is 23.7 Å². The van der Waals surface area contributed by atoms with Crippen molar-refractivity contribution in [3.63, 3.8) is 0 Å². The first-order valence-corrected chi connectivity index (χ1v) is 20.7. The van der Waals surface area contributed by atoms with Gasteiger partial charge in [-0.25, -0.2) is 8.42 Å². The Morgan fingerprint density at radius 3 is 2.33 bits per heavy atom. The summed E-state index contributed by atoms with van der Waals surface area (Å²) in [5.41, 5.74) is -0.141. The average Bonchev–Trinajstić information content (AvgIpc) is 3.46. The van der Waals surface area contributed by atoms with Gasteiger partial charge < -0.3 is 9.47 Å². The fourth-order valence-corrected chi connectivity index (χ4v) is 15.3. The summed E-state index contributed by atoms with van der Waals surface area (Å²) >= 11 is 0. The molecule has 0 aromatic rings. The highest BCUT2D eigenvalue weighted by molar-refractivity contribution is 7.89. The molecule has 0 aromatic heterocycles. The number of sulfonamides is 1. The molecule has 9 heteroatoms. The molecule has 4 aliphatic carbocycles. The van der Waals surface area contributed by atoms with Crippen LogP contribution in [0.1, 0.15) is 79.6 Å². The van der Waals surface area contributed by atoms with Crippen molar-refractivity contribution in [3.05, 3.63) is 0 Å². The van der Waals surface area contributed by atoms with Crippen molar-refractivity contribution >= 4 is 30.0 Å². The number of ether oxygens (including phenoxy) is 2. The van der Waals surface area contributed by atoms with Gasteiger partial charge in [0.1, 0.15) is 12.2 Å². The van der Waals surface area contributed by atoms with Crippen LogP contribution in [0.5, 0.6) is 0 Å². The number of carbonyl (C=O) groups excluding carboxylic acids is 2. The number of rotatable bonds is 7. The Morgan fingerprint density at radius 1 is 1.03 bits per heavy atom. The molecule has 5 aliphatic rings. The van der Waals surface area contributed by atoms with Crippen molar-refractivity contribution in [2.45, 2.75) is 130 Å². The molecule has 1 heterocycles. The lowest BCUT2D eigenvalue weighted by molar-refractivity contribution is -0.160. The van der Waals surface area contributed by atoms with E-state index in [0.717, 1.165) is 51.0 Å². The number of nitrogens with zero attached hydrogens (tertiary/aromatic N) is 1. The Kier molecular flexibility index (Phi) is 7.44. The molecule has 0 amide bonds. The normalized spacial score (nSPS) is 45.7. The van der Waals surface area contributed by atoms with E-state index in [-0.39, 0.29) is 58.7 Å². The lowest BCUT2D eigenvalue weighted by atomic mass is 9.44. The smallest absolute Gasteiger partial charge is 0.302 e. The molecular weight excluding hydrogens is 530 g/mol. The second kappa shape index (κ2) is 9.82. The average molecular weight is 582 g/mol. The van der Waals surface area contributed by atoms with Gasteiger partial charge in [0.2, 0.25) is 10.0 Å². The molecule has 0 N–H and O–H groups in total. The van der Waals surface area contributed by atoms with Crippen molar-refractivity contribution < 1.29 is 27.5 Å². The molecule has 0 bridgehead atoms. The van der Waals surface area contributed by atoms with Crippen LogP contribution >= 0.6 is 0 Å². The molecule has 5 fully saturated rings. The van der Waals surface area contributed by atoms with Gasteiger partial charge in [0, 0.05) is 39.9 Å². The maximum absolute atomic E-state index is 14.1. The third-order valence-corrected chi connectivity index (χ3v) is 15.9. The molecule has 1 aliphatic heterocycles. The first-order chi connectivity index (χ1) is 18.0. The summed E-state index contributed by atoms with van der Waals surface area (Å²) in [6, 6.07) is 0.797. The zero-order valence-corrected chi connectivity index (χ0v) is 27.2. The summed E-state index contributed by atoms with van der Waals surface area (Å²) in [5, 5.41) is 0. The zero-order valence-electron chi connectivity index (χ0n) is 25.4. The molecule has 1 saturated heterocycles. The van der Waals surface area contributed by atoms with Crippen LogP contribution < -0.4 is 0 Å². The van der Waals surface area contributed by atoms with Crippen molar-refractivity contribution in [3.8, 4) is 0 Å². The summed E-state index contributed by atoms with van der Waals surface area (Å²) in [7, 11) is -4.93. The minimum atomic E-state index is -3.40. The molecule has 7 nitrogen and oxygen atoms in total. The molecule has 39 heavy (non-hydrogen) atoms. The molecule has 222 valence electrons. The van der Waals surface area contributed by atoms with Crippen LogP contribution in [0.2, 0.25) is 25.7 Å². The molecular formula is C30H51NO6SSi. The van der Waals surface area contributed by atoms with Gasteiger partial charge in [0.15, 0.2) is 0 Å². The van der Waals surface area contributed by atoms with E-state index in [1.807, 2.05) is 11.2 Å². The number of hydrogen-bond acceptors (Lipinski definition) is 6. The standard InChI is InChI=1S/C30H51NO6SSi/c1-18(36-19(2)32)24-11-12-25-23-10-9-21-17-22(37-20(3)33)13-14-29(21,4)26(23)27-28(30(24,25)5)31(27)38(34,35)15-16-39(6,7)8/h18,21-28H,9-17H2,1-8H3/t18?,21-,22-,23+,24-,25+,26-,27+,28+,29+,30-,31?/m1/s1. The molecule has 0 spiro atoms. The Bertz CT molecular complexity index is 1110. The summed E-state index contributed by atoms with van der Waals surface area (Å²) in [4.78, 5) is 23.6. The summed E-state index contributed by atoms with van der Waals surface area (Å²) in [6.07, 6.45) is 6.81. The minimum Gasteiger partial charge on any atom is -0.463 e. The van der Waals surface area contributed by atoms with Gasteiger partial charge in [-0.3, -0.25) is 9.59 Å². The van der Waals surface area contributed by atoms with Crippen molar-refractivity contribution in [2.24, 2.45) is 40.4 Å². The zero-order chi connectivity index (χ0) is 28.7. The van der Waals surface area contributed by atoms with E-state index in [2.05, 4.69) is 33.5 Å². The van der Waals surface area contributed by atoms with Gasteiger partial charge in [-0.15, -0.1) is 0 Å². The van der Waals surface area contributed by atoms with Crippen LogP contribution in [0.4, 0.5) is 0 Å². The van der Waals surface area contributed by atoms with Gasteiger partial charge in [-0.05, 0) is 92.4 Å². The van der Waals surface area contributed by atoms with Crippen molar-refractivity contribution in [1.82, 2.24) is 4.31 Å². The highest BCUT2D eigenvalue weighted by Crippen LogP contribution is 2.74. The Hall–Kier alpha value is -0.933. The first-order valence-electron chi connectivity index (χ1n) is 15.4. The number of carbonyl (C=O) groups is 2. The largest absolute Gasteiger partial charge is 0.463 e. The van der Waals surface area contributed by atoms with Gasteiger partial charge in [0.25, 0.3) is 0 Å². The maximum Gasteiger partial charge on any atom is 0.302 e. The molecule has 4 saturated carbocycles. The Labute approximate surface area is 237 Å². The number of hydrogen-bond donors (Lipinski definition) is 0. The molecule has 2 unspecified atom stereocenters. The first kappa shape index (κ1) is 29.6.